The molecule has 1 aliphatic rings. The van der Waals surface area contributed by atoms with E-state index in [9.17, 15) is 4.79 Å². The third kappa shape index (κ3) is 2.40. The van der Waals surface area contributed by atoms with Gasteiger partial charge in [0.15, 0.2) is 0 Å². The average molecular weight is 264 g/mol. The molecule has 0 aromatic heterocycles. The summed E-state index contributed by atoms with van der Waals surface area (Å²) < 4.78 is 0. The molecule has 0 bridgehead atoms. The van der Waals surface area contributed by atoms with Crippen LogP contribution >= 0.6 is 0 Å². The highest BCUT2D eigenvalue weighted by atomic mass is 16.1. The Morgan fingerprint density at radius 2 is 1.55 bits per heavy atom. The van der Waals surface area contributed by atoms with Crippen molar-refractivity contribution in [1.82, 2.24) is 0 Å². The van der Waals surface area contributed by atoms with Crippen molar-refractivity contribution in [3.63, 3.8) is 0 Å². The van der Waals surface area contributed by atoms with Gasteiger partial charge in [0.1, 0.15) is 0 Å². The molecule has 0 unspecified atom stereocenters. The van der Waals surface area contributed by atoms with Gasteiger partial charge < -0.3 is 5.73 Å². The van der Waals surface area contributed by atoms with E-state index in [2.05, 4.69) is 29.3 Å². The lowest BCUT2D eigenvalue weighted by Crippen LogP contribution is -2.04. The SMILES string of the molecule is NCCc1ccc(CC2=NC(=O)c3ccccc32)cc1. The molecule has 0 saturated carbocycles. The van der Waals surface area contributed by atoms with E-state index in [1.54, 1.807) is 0 Å². The third-order valence-electron chi connectivity index (χ3n) is 3.53. The fraction of sp³-hybridized carbons (Fsp3) is 0.176. The smallest absolute Gasteiger partial charge is 0.277 e. The van der Waals surface area contributed by atoms with Crippen molar-refractivity contribution >= 4 is 11.6 Å². The molecule has 1 amide bonds. The Morgan fingerprint density at radius 1 is 0.900 bits per heavy atom. The summed E-state index contributed by atoms with van der Waals surface area (Å²) in [6.45, 7) is 0.661. The van der Waals surface area contributed by atoms with E-state index in [0.717, 1.165) is 23.3 Å². The van der Waals surface area contributed by atoms with Crippen LogP contribution in [-0.4, -0.2) is 18.2 Å². The van der Waals surface area contributed by atoms with Crippen molar-refractivity contribution in [2.24, 2.45) is 10.7 Å². The zero-order chi connectivity index (χ0) is 13.9. The molecule has 2 aromatic carbocycles. The monoisotopic (exact) mass is 264 g/mol. The summed E-state index contributed by atoms with van der Waals surface area (Å²) >= 11 is 0. The van der Waals surface area contributed by atoms with Crippen LogP contribution in [0.2, 0.25) is 0 Å². The van der Waals surface area contributed by atoms with E-state index in [4.69, 9.17) is 5.73 Å². The first-order valence-electron chi connectivity index (χ1n) is 6.77. The fourth-order valence-electron chi connectivity index (χ4n) is 2.48. The van der Waals surface area contributed by atoms with E-state index >= 15 is 0 Å². The molecular weight excluding hydrogens is 248 g/mol. The summed E-state index contributed by atoms with van der Waals surface area (Å²) in [5.74, 6) is -0.129. The normalized spacial score (nSPS) is 13.2. The highest BCUT2D eigenvalue weighted by molar-refractivity contribution is 6.21. The lowest BCUT2D eigenvalue weighted by molar-refractivity contribution is 0.101. The van der Waals surface area contributed by atoms with Gasteiger partial charge in [0.05, 0.1) is 11.3 Å². The Bertz CT molecular complexity index is 672. The van der Waals surface area contributed by atoms with Crippen LogP contribution in [0.3, 0.4) is 0 Å². The maximum atomic E-state index is 11.8. The fourth-order valence-corrected chi connectivity index (χ4v) is 2.48. The second kappa shape index (κ2) is 5.39. The van der Waals surface area contributed by atoms with Crippen LogP contribution in [0.5, 0.6) is 0 Å². The predicted molar refractivity (Wildman–Crippen MR) is 80.2 cm³/mol. The summed E-state index contributed by atoms with van der Waals surface area (Å²) in [5, 5.41) is 0. The van der Waals surface area contributed by atoms with Crippen molar-refractivity contribution in [3.8, 4) is 0 Å². The van der Waals surface area contributed by atoms with E-state index < -0.39 is 0 Å². The zero-order valence-corrected chi connectivity index (χ0v) is 11.2. The number of hydrogen-bond acceptors (Lipinski definition) is 2. The molecule has 0 saturated heterocycles. The molecule has 0 fully saturated rings. The maximum Gasteiger partial charge on any atom is 0.277 e. The molecule has 0 aliphatic carbocycles. The van der Waals surface area contributed by atoms with Gasteiger partial charge in [0.25, 0.3) is 5.91 Å². The van der Waals surface area contributed by atoms with Crippen LogP contribution in [0.4, 0.5) is 0 Å². The van der Waals surface area contributed by atoms with Crippen LogP contribution < -0.4 is 5.73 Å². The van der Waals surface area contributed by atoms with E-state index in [1.165, 1.54) is 5.56 Å². The lowest BCUT2D eigenvalue weighted by atomic mass is 9.99. The largest absolute Gasteiger partial charge is 0.330 e. The number of amides is 1. The first-order chi connectivity index (χ1) is 9.78. The Hall–Kier alpha value is -2.26. The van der Waals surface area contributed by atoms with E-state index in [0.29, 0.717) is 18.5 Å². The molecule has 1 aliphatic heterocycles. The third-order valence-corrected chi connectivity index (χ3v) is 3.53. The predicted octanol–water partition coefficient (Wildman–Crippen LogP) is 2.37. The van der Waals surface area contributed by atoms with Gasteiger partial charge in [-0.1, -0.05) is 42.5 Å². The highest BCUT2D eigenvalue weighted by Gasteiger charge is 2.22. The summed E-state index contributed by atoms with van der Waals surface area (Å²) in [5.41, 5.74) is 10.5. The molecule has 3 nitrogen and oxygen atoms in total. The Kier molecular flexibility index (Phi) is 3.44. The molecule has 0 spiro atoms. The van der Waals surface area contributed by atoms with Crippen molar-refractivity contribution in [2.75, 3.05) is 6.54 Å². The standard InChI is InChI=1S/C17H16N2O/c18-10-9-12-5-7-13(8-6-12)11-16-14-3-1-2-4-15(14)17(20)19-16/h1-8H,9-11,18H2. The lowest BCUT2D eigenvalue weighted by Gasteiger charge is -2.05. The zero-order valence-electron chi connectivity index (χ0n) is 11.2. The summed E-state index contributed by atoms with van der Waals surface area (Å²) in [7, 11) is 0. The molecule has 2 N–H and O–H groups in total. The van der Waals surface area contributed by atoms with Crippen molar-refractivity contribution in [1.29, 1.82) is 0 Å². The Labute approximate surface area is 118 Å². The van der Waals surface area contributed by atoms with E-state index in [1.807, 2.05) is 24.3 Å². The Balaban J connectivity index is 1.82. The summed E-state index contributed by atoms with van der Waals surface area (Å²) in [6.07, 6.45) is 1.58. The number of nitrogens with zero attached hydrogens (tertiary/aromatic N) is 1. The number of aliphatic imine (C=N–C) groups is 1. The minimum Gasteiger partial charge on any atom is -0.330 e. The average Bonchev–Trinajstić information content (AvgIpc) is 2.79. The summed E-state index contributed by atoms with van der Waals surface area (Å²) in [6, 6.07) is 15.9. The van der Waals surface area contributed by atoms with Crippen LogP contribution in [0, 0.1) is 0 Å². The molecule has 0 radical (unpaired) electrons. The minimum atomic E-state index is -0.129. The van der Waals surface area contributed by atoms with Gasteiger partial charge in [-0.25, -0.2) is 4.99 Å². The van der Waals surface area contributed by atoms with Gasteiger partial charge in [-0.05, 0) is 30.2 Å². The number of hydrogen-bond donors (Lipinski definition) is 1. The van der Waals surface area contributed by atoms with Crippen LogP contribution in [0.25, 0.3) is 0 Å². The van der Waals surface area contributed by atoms with Gasteiger partial charge >= 0.3 is 0 Å². The summed E-state index contributed by atoms with van der Waals surface area (Å²) in [4.78, 5) is 16.0. The number of rotatable bonds is 4. The first-order valence-corrected chi connectivity index (χ1v) is 6.77. The van der Waals surface area contributed by atoms with E-state index in [-0.39, 0.29) is 5.91 Å². The van der Waals surface area contributed by atoms with Crippen molar-refractivity contribution < 1.29 is 4.79 Å². The number of nitrogens with two attached hydrogens (primary N) is 1. The second-order valence-corrected chi connectivity index (χ2v) is 4.94. The van der Waals surface area contributed by atoms with Gasteiger partial charge in [0, 0.05) is 12.0 Å². The number of fused-ring (bicyclic) bond motifs is 1. The molecule has 100 valence electrons. The quantitative estimate of drug-likeness (QED) is 0.921. The molecule has 3 heteroatoms. The number of carbonyl (C=O) groups excluding carboxylic acids is 1. The van der Waals surface area contributed by atoms with Crippen molar-refractivity contribution in [2.45, 2.75) is 12.8 Å². The topological polar surface area (TPSA) is 55.4 Å². The minimum absolute atomic E-state index is 0.129. The van der Waals surface area contributed by atoms with Crippen molar-refractivity contribution in [3.05, 3.63) is 70.8 Å². The number of carbonyl (C=O) groups is 1. The number of benzene rings is 2. The molecule has 20 heavy (non-hydrogen) atoms. The highest BCUT2D eigenvalue weighted by Crippen LogP contribution is 2.21. The molecule has 2 aromatic rings. The van der Waals surface area contributed by atoms with Gasteiger partial charge in [0.2, 0.25) is 0 Å². The first kappa shape index (κ1) is 12.8. The maximum absolute atomic E-state index is 11.8. The van der Waals surface area contributed by atoms with Gasteiger partial charge in [-0.15, -0.1) is 0 Å². The van der Waals surface area contributed by atoms with Crippen LogP contribution in [0.15, 0.2) is 53.5 Å². The van der Waals surface area contributed by atoms with Crippen LogP contribution in [0.1, 0.15) is 27.0 Å². The van der Waals surface area contributed by atoms with Gasteiger partial charge in [-0.2, -0.15) is 0 Å². The Morgan fingerprint density at radius 3 is 2.25 bits per heavy atom. The van der Waals surface area contributed by atoms with Crippen LogP contribution in [-0.2, 0) is 12.8 Å². The molecule has 0 atom stereocenters. The second-order valence-electron chi connectivity index (χ2n) is 4.94. The van der Waals surface area contributed by atoms with Gasteiger partial charge in [-0.3, -0.25) is 4.79 Å². The molecule has 1 heterocycles. The molecule has 3 rings (SSSR count). The molecular formula is C17H16N2O.